The van der Waals surface area contributed by atoms with Gasteiger partial charge in [-0.05, 0) is 36.4 Å². The number of nitrogens with zero attached hydrogens (tertiary/aromatic N) is 4. The van der Waals surface area contributed by atoms with Crippen LogP contribution in [0.3, 0.4) is 0 Å². The van der Waals surface area contributed by atoms with Crippen LogP contribution >= 0.6 is 23.1 Å². The molecule has 5 nitrogen and oxygen atoms in total. The predicted octanol–water partition coefficient (Wildman–Crippen LogP) is 5.74. The fraction of sp³-hybridized carbons (Fsp3) is 0.136. The van der Waals surface area contributed by atoms with Crippen molar-refractivity contribution in [3.05, 3.63) is 88.9 Å². The second kappa shape index (κ2) is 9.84. The molecule has 0 saturated heterocycles. The molecule has 2 aromatic carbocycles. The molecule has 2 aromatic heterocycles. The molecule has 0 aliphatic carbocycles. The molecule has 0 aliphatic rings. The number of benzene rings is 2. The zero-order valence-corrected chi connectivity index (χ0v) is 18.0. The first-order valence-corrected chi connectivity index (χ1v) is 11.2. The Morgan fingerprint density at radius 3 is 2.68 bits per heavy atom. The highest BCUT2D eigenvalue weighted by Gasteiger charge is 2.17. The number of thiazole rings is 1. The van der Waals surface area contributed by atoms with Gasteiger partial charge in [0.25, 0.3) is 0 Å². The van der Waals surface area contributed by atoms with Crippen molar-refractivity contribution < 1.29 is 13.5 Å². The molecule has 0 fully saturated rings. The second-order valence-electron chi connectivity index (χ2n) is 6.45. The average molecular weight is 457 g/mol. The Kier molecular flexibility index (Phi) is 6.73. The zero-order valence-electron chi connectivity index (χ0n) is 16.4. The maximum Gasteiger partial charge on any atom is 0.192 e. The molecule has 0 unspecified atom stereocenters. The van der Waals surface area contributed by atoms with Gasteiger partial charge < -0.3 is 4.74 Å². The van der Waals surface area contributed by atoms with Crippen LogP contribution in [-0.4, -0.2) is 19.7 Å². The Hall–Kier alpha value is -3.04. The Labute approximate surface area is 186 Å². The summed E-state index contributed by atoms with van der Waals surface area (Å²) in [7, 11) is 0. The SMILES string of the molecule is C=CCn1c(SCc2csc(COc3ccc(F)cc3)n2)nnc1-c1ccccc1F. The van der Waals surface area contributed by atoms with Crippen LogP contribution in [0.2, 0.25) is 0 Å². The molecular formula is C22H18F2N4OS2. The summed E-state index contributed by atoms with van der Waals surface area (Å²) in [5.41, 5.74) is 1.28. The van der Waals surface area contributed by atoms with Crippen LogP contribution in [-0.2, 0) is 18.9 Å². The van der Waals surface area contributed by atoms with Crippen LogP contribution in [0.4, 0.5) is 8.78 Å². The van der Waals surface area contributed by atoms with Crippen molar-refractivity contribution >= 4 is 23.1 Å². The largest absolute Gasteiger partial charge is 0.486 e. The number of aromatic nitrogens is 4. The van der Waals surface area contributed by atoms with Crippen LogP contribution in [0.1, 0.15) is 10.7 Å². The van der Waals surface area contributed by atoms with E-state index in [4.69, 9.17) is 4.74 Å². The van der Waals surface area contributed by atoms with Gasteiger partial charge in [0.2, 0.25) is 0 Å². The van der Waals surface area contributed by atoms with Crippen LogP contribution < -0.4 is 4.74 Å². The minimum atomic E-state index is -0.345. The van der Waals surface area contributed by atoms with E-state index < -0.39 is 0 Å². The molecule has 4 rings (SSSR count). The number of allylic oxidation sites excluding steroid dienone is 1. The summed E-state index contributed by atoms with van der Waals surface area (Å²) in [6.07, 6.45) is 1.73. The lowest BCUT2D eigenvalue weighted by Gasteiger charge is -2.08. The highest BCUT2D eigenvalue weighted by Crippen LogP contribution is 2.28. The van der Waals surface area contributed by atoms with Crippen molar-refractivity contribution in [3.8, 4) is 17.1 Å². The van der Waals surface area contributed by atoms with Crippen molar-refractivity contribution in [2.75, 3.05) is 0 Å². The minimum absolute atomic E-state index is 0.302. The number of ether oxygens (including phenoxy) is 1. The first-order valence-electron chi connectivity index (χ1n) is 9.37. The second-order valence-corrected chi connectivity index (χ2v) is 8.33. The van der Waals surface area contributed by atoms with Crippen molar-refractivity contribution in [1.29, 1.82) is 0 Å². The lowest BCUT2D eigenvalue weighted by Crippen LogP contribution is -2.02. The van der Waals surface area contributed by atoms with Gasteiger partial charge in [-0.2, -0.15) is 0 Å². The van der Waals surface area contributed by atoms with Crippen molar-refractivity contribution in [2.24, 2.45) is 0 Å². The number of halogens is 2. The first kappa shape index (κ1) is 21.2. The Bertz CT molecular complexity index is 1170. The highest BCUT2D eigenvalue weighted by atomic mass is 32.2. The maximum absolute atomic E-state index is 14.2. The van der Waals surface area contributed by atoms with Gasteiger partial charge in [0.05, 0.1) is 11.3 Å². The molecular weight excluding hydrogens is 438 g/mol. The molecule has 31 heavy (non-hydrogen) atoms. The summed E-state index contributed by atoms with van der Waals surface area (Å²) < 4.78 is 34.7. The molecule has 0 bridgehead atoms. The van der Waals surface area contributed by atoms with Gasteiger partial charge in [0.15, 0.2) is 11.0 Å². The quantitative estimate of drug-likeness (QED) is 0.238. The lowest BCUT2D eigenvalue weighted by molar-refractivity contribution is 0.305. The third-order valence-corrected chi connectivity index (χ3v) is 6.14. The summed E-state index contributed by atoms with van der Waals surface area (Å²) in [5.74, 6) is 0.989. The summed E-state index contributed by atoms with van der Waals surface area (Å²) in [5, 5.41) is 11.9. The van der Waals surface area contributed by atoms with Gasteiger partial charge in [-0.3, -0.25) is 4.57 Å². The zero-order chi connectivity index (χ0) is 21.6. The Morgan fingerprint density at radius 2 is 1.90 bits per heavy atom. The van der Waals surface area contributed by atoms with E-state index in [0.717, 1.165) is 10.7 Å². The number of hydrogen-bond acceptors (Lipinski definition) is 6. The van der Waals surface area contributed by atoms with Gasteiger partial charge in [-0.1, -0.05) is 30.0 Å². The molecule has 0 radical (unpaired) electrons. The molecule has 0 amide bonds. The summed E-state index contributed by atoms with van der Waals surface area (Å²) >= 11 is 2.97. The van der Waals surface area contributed by atoms with E-state index in [0.29, 0.717) is 41.2 Å². The van der Waals surface area contributed by atoms with Crippen LogP contribution in [0.25, 0.3) is 11.4 Å². The smallest absolute Gasteiger partial charge is 0.192 e. The van der Waals surface area contributed by atoms with Crippen LogP contribution in [0.15, 0.2) is 71.7 Å². The van der Waals surface area contributed by atoms with E-state index in [-0.39, 0.29) is 11.6 Å². The topological polar surface area (TPSA) is 52.8 Å². The third kappa shape index (κ3) is 5.18. The normalized spacial score (nSPS) is 10.9. The minimum Gasteiger partial charge on any atom is -0.486 e. The maximum atomic E-state index is 14.2. The van der Waals surface area contributed by atoms with Gasteiger partial charge in [-0.15, -0.1) is 28.1 Å². The summed E-state index contributed by atoms with van der Waals surface area (Å²) in [6.45, 7) is 4.56. The Balaban J connectivity index is 1.42. The lowest BCUT2D eigenvalue weighted by atomic mass is 10.2. The molecule has 0 atom stereocenters. The number of hydrogen-bond donors (Lipinski definition) is 0. The molecule has 2 heterocycles. The fourth-order valence-corrected chi connectivity index (χ4v) is 4.48. The molecule has 0 spiro atoms. The van der Waals surface area contributed by atoms with E-state index in [1.807, 2.05) is 9.95 Å². The van der Waals surface area contributed by atoms with E-state index in [2.05, 4.69) is 21.8 Å². The van der Waals surface area contributed by atoms with Crippen LogP contribution in [0.5, 0.6) is 5.75 Å². The molecule has 0 saturated carbocycles. The van der Waals surface area contributed by atoms with Gasteiger partial charge in [0, 0.05) is 17.7 Å². The molecule has 9 heteroatoms. The molecule has 0 aliphatic heterocycles. The Morgan fingerprint density at radius 1 is 1.10 bits per heavy atom. The average Bonchev–Trinajstić information content (AvgIpc) is 3.39. The third-order valence-electron chi connectivity index (χ3n) is 4.27. The standard InChI is InChI=1S/C22H18F2N4OS2/c1-2-11-28-21(18-5-3-4-6-19(18)24)26-27-22(28)31-14-16-13-30-20(25-16)12-29-17-9-7-15(23)8-10-17/h2-10,13H,1,11-12,14H2. The van der Waals surface area contributed by atoms with Crippen molar-refractivity contribution in [2.45, 2.75) is 24.1 Å². The summed E-state index contributed by atoms with van der Waals surface area (Å²) in [4.78, 5) is 4.57. The molecule has 4 aromatic rings. The predicted molar refractivity (Wildman–Crippen MR) is 118 cm³/mol. The van der Waals surface area contributed by atoms with E-state index in [1.54, 1.807) is 36.4 Å². The first-order chi connectivity index (χ1) is 15.1. The number of thioether (sulfide) groups is 1. The molecule has 0 N–H and O–H groups in total. The van der Waals surface area contributed by atoms with Crippen LogP contribution in [0, 0.1) is 11.6 Å². The monoisotopic (exact) mass is 456 g/mol. The van der Waals surface area contributed by atoms with Gasteiger partial charge in [0.1, 0.15) is 29.0 Å². The van der Waals surface area contributed by atoms with E-state index >= 15 is 0 Å². The van der Waals surface area contributed by atoms with Gasteiger partial charge in [-0.25, -0.2) is 13.8 Å². The highest BCUT2D eigenvalue weighted by molar-refractivity contribution is 7.98. The summed E-state index contributed by atoms with van der Waals surface area (Å²) in [6, 6.07) is 12.4. The van der Waals surface area contributed by atoms with Crippen molar-refractivity contribution in [1.82, 2.24) is 19.7 Å². The fourth-order valence-electron chi connectivity index (χ4n) is 2.83. The molecule has 158 valence electrons. The van der Waals surface area contributed by atoms with E-state index in [9.17, 15) is 8.78 Å². The van der Waals surface area contributed by atoms with Crippen molar-refractivity contribution in [3.63, 3.8) is 0 Å². The number of rotatable bonds is 9. The van der Waals surface area contributed by atoms with Gasteiger partial charge >= 0.3 is 0 Å². The van der Waals surface area contributed by atoms with E-state index in [1.165, 1.54) is 41.3 Å².